The van der Waals surface area contributed by atoms with Crippen molar-refractivity contribution >= 4 is 21.5 Å². The van der Waals surface area contributed by atoms with E-state index in [1.165, 1.54) is 12.1 Å². The third-order valence-corrected chi connectivity index (χ3v) is 6.63. The zero-order valence-electron chi connectivity index (χ0n) is 19.1. The highest BCUT2D eigenvalue weighted by molar-refractivity contribution is 7.92. The molecule has 0 saturated carbocycles. The van der Waals surface area contributed by atoms with E-state index in [1.54, 1.807) is 30.3 Å². The van der Waals surface area contributed by atoms with Gasteiger partial charge in [0.05, 0.1) is 4.90 Å². The molecule has 174 valence electrons. The molecule has 1 heterocycles. The first-order valence-corrected chi connectivity index (χ1v) is 12.2. The summed E-state index contributed by atoms with van der Waals surface area (Å²) in [5.74, 6) is 0.769. The maximum Gasteiger partial charge on any atom is 0.261 e. The zero-order valence-corrected chi connectivity index (χ0v) is 20.0. The first-order valence-electron chi connectivity index (χ1n) is 10.8. The van der Waals surface area contributed by atoms with Gasteiger partial charge in [0.15, 0.2) is 0 Å². The van der Waals surface area contributed by atoms with Crippen molar-refractivity contribution in [2.24, 2.45) is 5.41 Å². The lowest BCUT2D eigenvalue weighted by Crippen LogP contribution is -2.22. The number of nitrogens with zero attached hydrogens (tertiary/aromatic N) is 2. The Morgan fingerprint density at radius 3 is 2.09 bits per heavy atom. The Balaban J connectivity index is 1.49. The van der Waals surface area contributed by atoms with Crippen molar-refractivity contribution in [1.29, 1.82) is 0 Å². The van der Waals surface area contributed by atoms with E-state index >= 15 is 0 Å². The molecule has 1 N–H and O–H groups in total. The molecular weight excluding hydrogens is 450 g/mol. The van der Waals surface area contributed by atoms with Crippen molar-refractivity contribution in [2.75, 3.05) is 4.72 Å². The number of Topliss-reactive ketones (excluding diaryl/α,β-unsaturated/α-hetero) is 1. The Bertz CT molecular complexity index is 1400. The highest BCUT2D eigenvalue weighted by Gasteiger charge is 2.21. The maximum atomic E-state index is 12.9. The van der Waals surface area contributed by atoms with Gasteiger partial charge in [-0.25, -0.2) is 8.42 Å². The molecule has 0 amide bonds. The lowest BCUT2D eigenvalue weighted by molar-refractivity contribution is -0.125. The number of nitrogens with one attached hydrogen (secondary N) is 1. The minimum absolute atomic E-state index is 0.0829. The van der Waals surface area contributed by atoms with Crippen LogP contribution in [0.25, 0.3) is 22.9 Å². The Morgan fingerprint density at radius 2 is 1.47 bits per heavy atom. The van der Waals surface area contributed by atoms with Crippen LogP contribution in [0.3, 0.4) is 0 Å². The number of hydrogen-bond acceptors (Lipinski definition) is 6. The third kappa shape index (κ3) is 5.40. The Labute approximate surface area is 198 Å². The second-order valence-electron chi connectivity index (χ2n) is 8.96. The molecule has 0 atom stereocenters. The first kappa shape index (κ1) is 23.4. The molecule has 0 aliphatic rings. The van der Waals surface area contributed by atoms with Crippen LogP contribution in [-0.4, -0.2) is 24.4 Å². The Kier molecular flexibility index (Phi) is 6.34. The van der Waals surface area contributed by atoms with Gasteiger partial charge < -0.3 is 4.42 Å². The number of anilines is 1. The largest absolute Gasteiger partial charge is 0.416 e. The molecule has 0 spiro atoms. The van der Waals surface area contributed by atoms with Crippen LogP contribution in [0.15, 0.2) is 88.2 Å². The number of sulfonamides is 1. The number of aromatic nitrogens is 2. The van der Waals surface area contributed by atoms with Crippen LogP contribution >= 0.6 is 0 Å². The number of ketones is 1. The van der Waals surface area contributed by atoms with E-state index in [1.807, 2.05) is 57.2 Å². The first-order chi connectivity index (χ1) is 16.1. The van der Waals surface area contributed by atoms with E-state index in [0.717, 1.165) is 11.1 Å². The molecule has 4 aromatic rings. The molecule has 4 rings (SSSR count). The van der Waals surface area contributed by atoms with Crippen molar-refractivity contribution < 1.29 is 17.6 Å². The summed E-state index contributed by atoms with van der Waals surface area (Å²) < 4.78 is 34.1. The van der Waals surface area contributed by atoms with Crippen LogP contribution in [0.5, 0.6) is 0 Å². The van der Waals surface area contributed by atoms with Crippen LogP contribution < -0.4 is 4.72 Å². The molecule has 0 saturated heterocycles. The van der Waals surface area contributed by atoms with Crippen LogP contribution in [0.2, 0.25) is 0 Å². The van der Waals surface area contributed by atoms with Gasteiger partial charge in [-0.15, -0.1) is 10.2 Å². The third-order valence-electron chi connectivity index (χ3n) is 5.24. The molecule has 7 nitrogen and oxygen atoms in total. The van der Waals surface area contributed by atoms with Gasteiger partial charge in [-0.1, -0.05) is 51.1 Å². The molecule has 0 aliphatic heterocycles. The summed E-state index contributed by atoms with van der Waals surface area (Å²) in [6.45, 7) is 5.59. The molecule has 1 aromatic heterocycles. The summed E-state index contributed by atoms with van der Waals surface area (Å²) >= 11 is 0. The summed E-state index contributed by atoms with van der Waals surface area (Å²) in [7, 11) is -3.83. The smallest absolute Gasteiger partial charge is 0.261 e. The van der Waals surface area contributed by atoms with E-state index in [4.69, 9.17) is 4.42 Å². The Hall–Kier alpha value is -3.78. The summed E-state index contributed by atoms with van der Waals surface area (Å²) in [4.78, 5) is 12.4. The van der Waals surface area contributed by atoms with Gasteiger partial charge in [0.2, 0.25) is 11.8 Å². The number of hydrogen-bond donors (Lipinski definition) is 1. The van der Waals surface area contributed by atoms with Gasteiger partial charge in [0, 0.05) is 28.7 Å². The van der Waals surface area contributed by atoms with Gasteiger partial charge in [-0.05, 0) is 54.1 Å². The minimum atomic E-state index is -3.83. The van der Waals surface area contributed by atoms with E-state index < -0.39 is 15.4 Å². The highest BCUT2D eigenvalue weighted by Crippen LogP contribution is 2.26. The second-order valence-corrected chi connectivity index (χ2v) is 10.6. The van der Waals surface area contributed by atoms with E-state index in [9.17, 15) is 13.2 Å². The van der Waals surface area contributed by atoms with E-state index in [0.29, 0.717) is 23.0 Å². The lowest BCUT2D eigenvalue weighted by Gasteiger charge is -2.17. The standard InChI is InChI=1S/C26H25N3O4S/c1-26(2,3)23(30)17-18-8-7-11-21(16-18)29-34(31,32)22-14-12-20(13-15-22)25-28-27-24(33-25)19-9-5-4-6-10-19/h4-16,29H,17H2,1-3H3. The zero-order chi connectivity index (χ0) is 24.3. The molecule has 8 heteroatoms. The number of benzene rings is 3. The fourth-order valence-corrected chi connectivity index (χ4v) is 4.27. The summed E-state index contributed by atoms with van der Waals surface area (Å²) in [6.07, 6.45) is 0.239. The van der Waals surface area contributed by atoms with Gasteiger partial charge in [0.25, 0.3) is 10.0 Å². The average Bonchev–Trinajstić information content (AvgIpc) is 3.29. The molecule has 0 bridgehead atoms. The van der Waals surface area contributed by atoms with Gasteiger partial charge in [-0.3, -0.25) is 9.52 Å². The van der Waals surface area contributed by atoms with Crippen LogP contribution in [0.4, 0.5) is 5.69 Å². The van der Waals surface area contributed by atoms with Gasteiger partial charge in [-0.2, -0.15) is 0 Å². The van der Waals surface area contributed by atoms with E-state index in [2.05, 4.69) is 14.9 Å². The summed E-state index contributed by atoms with van der Waals surface area (Å²) in [5, 5.41) is 8.13. The van der Waals surface area contributed by atoms with Crippen molar-refractivity contribution in [3.8, 4) is 22.9 Å². The topological polar surface area (TPSA) is 102 Å². The monoisotopic (exact) mass is 475 g/mol. The van der Waals surface area contributed by atoms with Crippen molar-refractivity contribution in [3.05, 3.63) is 84.4 Å². The predicted octanol–water partition coefficient (Wildman–Crippen LogP) is 5.36. The predicted molar refractivity (Wildman–Crippen MR) is 131 cm³/mol. The van der Waals surface area contributed by atoms with Crippen molar-refractivity contribution in [2.45, 2.75) is 32.1 Å². The molecule has 34 heavy (non-hydrogen) atoms. The molecule has 3 aromatic carbocycles. The number of rotatable bonds is 7. The van der Waals surface area contributed by atoms with Gasteiger partial charge >= 0.3 is 0 Å². The minimum Gasteiger partial charge on any atom is -0.416 e. The fraction of sp³-hybridized carbons (Fsp3) is 0.192. The summed E-state index contributed by atoms with van der Waals surface area (Å²) in [5.41, 5.74) is 2.10. The summed E-state index contributed by atoms with van der Waals surface area (Å²) in [6, 6.07) is 22.5. The number of carbonyl (C=O) groups excluding carboxylic acids is 1. The molecule has 0 aliphatic carbocycles. The van der Waals surface area contributed by atoms with Crippen LogP contribution in [0, 0.1) is 5.41 Å². The highest BCUT2D eigenvalue weighted by atomic mass is 32.2. The molecular formula is C26H25N3O4S. The number of carbonyl (C=O) groups is 1. The molecule has 0 fully saturated rings. The lowest BCUT2D eigenvalue weighted by atomic mass is 9.87. The van der Waals surface area contributed by atoms with Crippen LogP contribution in [0.1, 0.15) is 26.3 Å². The fourth-order valence-electron chi connectivity index (χ4n) is 3.22. The van der Waals surface area contributed by atoms with E-state index in [-0.39, 0.29) is 17.1 Å². The average molecular weight is 476 g/mol. The maximum absolute atomic E-state index is 12.9. The Morgan fingerprint density at radius 1 is 0.853 bits per heavy atom. The quantitative estimate of drug-likeness (QED) is 0.386. The SMILES string of the molecule is CC(C)(C)C(=O)Cc1cccc(NS(=O)(=O)c2ccc(-c3nnc(-c4ccccc4)o3)cc2)c1. The van der Waals surface area contributed by atoms with Crippen LogP contribution in [-0.2, 0) is 21.2 Å². The molecule has 0 unspecified atom stereocenters. The normalized spacial score (nSPS) is 11.9. The molecule has 0 radical (unpaired) electrons. The van der Waals surface area contributed by atoms with Crippen molar-refractivity contribution in [3.63, 3.8) is 0 Å². The van der Waals surface area contributed by atoms with Crippen molar-refractivity contribution in [1.82, 2.24) is 10.2 Å². The second kappa shape index (κ2) is 9.23. The van der Waals surface area contributed by atoms with Gasteiger partial charge in [0.1, 0.15) is 5.78 Å².